The lowest BCUT2D eigenvalue weighted by Gasteiger charge is -2.13. The van der Waals surface area contributed by atoms with Gasteiger partial charge in [-0.2, -0.15) is 0 Å². The first-order chi connectivity index (χ1) is 9.76. The average Bonchev–Trinajstić information content (AvgIpc) is 2.48. The third-order valence-corrected chi connectivity index (χ3v) is 3.53. The van der Waals surface area contributed by atoms with Crippen LogP contribution in [-0.2, 0) is 6.42 Å². The van der Waals surface area contributed by atoms with E-state index in [1.807, 2.05) is 13.0 Å². The van der Waals surface area contributed by atoms with Gasteiger partial charge in [-0.25, -0.2) is 0 Å². The summed E-state index contributed by atoms with van der Waals surface area (Å²) in [7, 11) is 0. The third-order valence-electron chi connectivity index (χ3n) is 3.53. The normalized spacial score (nSPS) is 11.6. The highest BCUT2D eigenvalue weighted by atomic mass is 14.1. The second-order valence-electron chi connectivity index (χ2n) is 4.97. The monoisotopic (exact) mass is 262 g/mol. The maximum Gasteiger partial charge on any atom is -0.0143 e. The van der Waals surface area contributed by atoms with Gasteiger partial charge in [-0.05, 0) is 54.2 Å². The lowest BCUT2D eigenvalue weighted by atomic mass is 9.92. The van der Waals surface area contributed by atoms with Crippen LogP contribution in [0.4, 0.5) is 0 Å². The van der Waals surface area contributed by atoms with E-state index < -0.39 is 0 Å². The van der Waals surface area contributed by atoms with E-state index in [-0.39, 0.29) is 0 Å². The Morgan fingerprint density at radius 3 is 2.40 bits per heavy atom. The third kappa shape index (κ3) is 3.27. The summed E-state index contributed by atoms with van der Waals surface area (Å²) in [5, 5.41) is 0. The van der Waals surface area contributed by atoms with Gasteiger partial charge >= 0.3 is 0 Å². The summed E-state index contributed by atoms with van der Waals surface area (Å²) in [5.74, 6) is 0. The molecule has 0 atom stereocenters. The van der Waals surface area contributed by atoms with Crippen LogP contribution in [0, 0.1) is 6.92 Å². The van der Waals surface area contributed by atoms with E-state index in [9.17, 15) is 0 Å². The van der Waals surface area contributed by atoms with Crippen LogP contribution in [0.5, 0.6) is 0 Å². The summed E-state index contributed by atoms with van der Waals surface area (Å²) in [4.78, 5) is 0. The lowest BCUT2D eigenvalue weighted by Crippen LogP contribution is -1.93. The molecule has 0 aromatic heterocycles. The molecule has 0 bridgehead atoms. The van der Waals surface area contributed by atoms with Gasteiger partial charge in [0.05, 0.1) is 0 Å². The fourth-order valence-corrected chi connectivity index (χ4v) is 2.56. The van der Waals surface area contributed by atoms with Crippen molar-refractivity contribution < 1.29 is 0 Å². The molecule has 0 N–H and O–H groups in total. The molecule has 0 radical (unpaired) electrons. The molecule has 0 fully saturated rings. The predicted molar refractivity (Wildman–Crippen MR) is 89.8 cm³/mol. The van der Waals surface area contributed by atoms with Gasteiger partial charge in [0, 0.05) is 0 Å². The Morgan fingerprint density at radius 2 is 1.75 bits per heavy atom. The van der Waals surface area contributed by atoms with Crippen molar-refractivity contribution in [2.45, 2.75) is 27.2 Å². The van der Waals surface area contributed by atoms with Crippen molar-refractivity contribution in [3.05, 3.63) is 77.4 Å². The Morgan fingerprint density at radius 1 is 1.00 bits per heavy atom. The number of hydrogen-bond donors (Lipinski definition) is 0. The highest BCUT2D eigenvalue weighted by molar-refractivity contribution is 5.72. The molecule has 0 unspecified atom stereocenters. The fraction of sp³-hybridized carbons (Fsp3) is 0.200. The smallest absolute Gasteiger partial charge is 0.0143 e. The molecule has 0 amide bonds. The minimum atomic E-state index is 1.06. The summed E-state index contributed by atoms with van der Waals surface area (Å²) >= 11 is 0. The van der Waals surface area contributed by atoms with Gasteiger partial charge in [0.25, 0.3) is 0 Å². The van der Waals surface area contributed by atoms with Crippen molar-refractivity contribution in [2.75, 3.05) is 0 Å². The van der Waals surface area contributed by atoms with Crippen LogP contribution in [0.1, 0.15) is 30.5 Å². The molecule has 2 rings (SSSR count). The van der Waals surface area contributed by atoms with Gasteiger partial charge in [-0.3, -0.25) is 0 Å². The van der Waals surface area contributed by atoms with Gasteiger partial charge in [0.15, 0.2) is 0 Å². The second kappa shape index (κ2) is 6.91. The maximum atomic E-state index is 2.29. The van der Waals surface area contributed by atoms with Crippen LogP contribution in [0.15, 0.2) is 60.7 Å². The number of hydrogen-bond acceptors (Lipinski definition) is 0. The zero-order valence-electron chi connectivity index (χ0n) is 12.6. The lowest BCUT2D eigenvalue weighted by molar-refractivity contribution is 1.11. The van der Waals surface area contributed by atoms with E-state index in [0.29, 0.717) is 0 Å². The molecule has 0 nitrogen and oxygen atoms in total. The molecule has 0 aliphatic carbocycles. The van der Waals surface area contributed by atoms with Gasteiger partial charge < -0.3 is 0 Å². The molecule has 2 aromatic rings. The molecule has 20 heavy (non-hydrogen) atoms. The van der Waals surface area contributed by atoms with E-state index in [1.54, 1.807) is 0 Å². The molecule has 2 aromatic carbocycles. The van der Waals surface area contributed by atoms with Crippen molar-refractivity contribution >= 4 is 6.08 Å². The summed E-state index contributed by atoms with van der Waals surface area (Å²) in [5.41, 5.74) is 6.73. The largest absolute Gasteiger partial charge is 0.0877 e. The SMILES string of the molecule is C/C=C\C=C/c1cc(C)c(CC)c(-c2ccccc2)c1. The molecule has 0 aliphatic heterocycles. The van der Waals surface area contributed by atoms with Crippen LogP contribution in [0.2, 0.25) is 0 Å². The Balaban J connectivity index is 2.53. The molecule has 0 spiro atoms. The zero-order chi connectivity index (χ0) is 14.4. The Hall–Kier alpha value is -2.08. The topological polar surface area (TPSA) is 0 Å². The van der Waals surface area contributed by atoms with Crippen molar-refractivity contribution in [3.8, 4) is 11.1 Å². The standard InChI is InChI=1S/C20H22/c1-4-6-8-11-17-14-16(3)19(5-2)20(15-17)18-12-9-7-10-13-18/h4,6-15H,5H2,1-3H3/b6-4-,11-8-. The molecule has 102 valence electrons. The zero-order valence-corrected chi connectivity index (χ0v) is 12.6. The first-order valence-corrected chi connectivity index (χ1v) is 7.24. The second-order valence-corrected chi connectivity index (χ2v) is 4.97. The van der Waals surface area contributed by atoms with E-state index in [4.69, 9.17) is 0 Å². The quantitative estimate of drug-likeness (QED) is 0.609. The van der Waals surface area contributed by atoms with Gasteiger partial charge in [-0.15, -0.1) is 0 Å². The maximum absolute atomic E-state index is 2.29. The average molecular weight is 262 g/mol. The minimum absolute atomic E-state index is 1.06. The van der Waals surface area contributed by atoms with Crippen molar-refractivity contribution in [2.24, 2.45) is 0 Å². The highest BCUT2D eigenvalue weighted by Crippen LogP contribution is 2.28. The molecule has 0 aliphatic rings. The summed E-state index contributed by atoms with van der Waals surface area (Å²) in [6.07, 6.45) is 9.43. The Kier molecular flexibility index (Phi) is 4.95. The van der Waals surface area contributed by atoms with Crippen LogP contribution in [0.3, 0.4) is 0 Å². The first-order valence-electron chi connectivity index (χ1n) is 7.24. The van der Waals surface area contributed by atoms with Crippen molar-refractivity contribution in [3.63, 3.8) is 0 Å². The first kappa shape index (κ1) is 14.3. The molecular formula is C20H22. The molecule has 0 saturated carbocycles. The van der Waals surface area contributed by atoms with Crippen LogP contribution >= 0.6 is 0 Å². The van der Waals surface area contributed by atoms with E-state index >= 15 is 0 Å². The van der Waals surface area contributed by atoms with Crippen molar-refractivity contribution in [1.29, 1.82) is 0 Å². The van der Waals surface area contributed by atoms with Gasteiger partial charge in [-0.1, -0.05) is 67.6 Å². The van der Waals surface area contributed by atoms with Crippen LogP contribution in [-0.4, -0.2) is 0 Å². The molecule has 0 heteroatoms. The Bertz CT molecular complexity index is 616. The number of allylic oxidation sites excluding steroid dienone is 3. The van der Waals surface area contributed by atoms with Gasteiger partial charge in [0.1, 0.15) is 0 Å². The number of benzene rings is 2. The predicted octanol–water partition coefficient (Wildman–Crippen LogP) is 5.81. The summed E-state index contributed by atoms with van der Waals surface area (Å²) in [6.45, 7) is 6.47. The van der Waals surface area contributed by atoms with Crippen molar-refractivity contribution in [1.82, 2.24) is 0 Å². The number of aryl methyl sites for hydroxylation is 1. The van der Waals surface area contributed by atoms with E-state index in [0.717, 1.165) is 6.42 Å². The Labute approximate surface area is 122 Å². The minimum Gasteiger partial charge on any atom is -0.0877 e. The summed E-state index contributed by atoms with van der Waals surface area (Å²) in [6, 6.07) is 15.2. The number of rotatable bonds is 4. The van der Waals surface area contributed by atoms with Crippen LogP contribution in [0.25, 0.3) is 17.2 Å². The highest BCUT2D eigenvalue weighted by Gasteiger charge is 2.07. The van der Waals surface area contributed by atoms with E-state index in [2.05, 4.69) is 74.5 Å². The fourth-order valence-electron chi connectivity index (χ4n) is 2.56. The molecule has 0 saturated heterocycles. The van der Waals surface area contributed by atoms with Gasteiger partial charge in [0.2, 0.25) is 0 Å². The van der Waals surface area contributed by atoms with Crippen LogP contribution < -0.4 is 0 Å². The van der Waals surface area contributed by atoms with E-state index in [1.165, 1.54) is 27.8 Å². The summed E-state index contributed by atoms with van der Waals surface area (Å²) < 4.78 is 0. The molecule has 0 heterocycles. The molecular weight excluding hydrogens is 240 g/mol.